The summed E-state index contributed by atoms with van der Waals surface area (Å²) in [6, 6.07) is 13.3. The summed E-state index contributed by atoms with van der Waals surface area (Å²) in [6.07, 6.45) is 3.52. The third-order valence-electron chi connectivity index (χ3n) is 3.48. The predicted molar refractivity (Wildman–Crippen MR) is 96.9 cm³/mol. The summed E-state index contributed by atoms with van der Waals surface area (Å²) in [6.45, 7) is 0. The van der Waals surface area contributed by atoms with Crippen LogP contribution < -0.4 is 10.5 Å². The lowest BCUT2D eigenvalue weighted by molar-refractivity contribution is 0.415. The molecule has 6 nitrogen and oxygen atoms in total. The van der Waals surface area contributed by atoms with Gasteiger partial charge in [-0.25, -0.2) is 9.97 Å². The van der Waals surface area contributed by atoms with E-state index in [0.717, 1.165) is 16.9 Å². The first kappa shape index (κ1) is 16.7. The van der Waals surface area contributed by atoms with Crippen molar-refractivity contribution in [2.75, 3.05) is 12.8 Å². The molecule has 0 unspecified atom stereocenters. The molecule has 0 spiro atoms. The molecule has 25 heavy (non-hydrogen) atoms. The highest BCUT2D eigenvalue weighted by Gasteiger charge is 2.14. The first-order chi connectivity index (χ1) is 12.2. The van der Waals surface area contributed by atoms with E-state index in [-0.39, 0.29) is 11.4 Å². The lowest BCUT2D eigenvalue weighted by Crippen LogP contribution is -2.02. The van der Waals surface area contributed by atoms with Crippen molar-refractivity contribution in [3.63, 3.8) is 0 Å². The van der Waals surface area contributed by atoms with Crippen LogP contribution in [0.4, 0.5) is 5.82 Å². The molecule has 0 saturated heterocycles. The van der Waals surface area contributed by atoms with Gasteiger partial charge in [-0.15, -0.1) is 0 Å². The fourth-order valence-corrected chi connectivity index (χ4v) is 3.01. The highest BCUT2D eigenvalue weighted by Crippen LogP contribution is 2.29. The van der Waals surface area contributed by atoms with Gasteiger partial charge in [0.05, 0.1) is 12.8 Å². The zero-order valence-electron chi connectivity index (χ0n) is 13.5. The minimum absolute atomic E-state index is 0.178. The maximum absolute atomic E-state index is 9.41. The molecule has 1 aromatic carbocycles. The van der Waals surface area contributed by atoms with Crippen LogP contribution in [0.1, 0.15) is 11.1 Å². The second kappa shape index (κ2) is 7.64. The molecule has 0 amide bonds. The Balaban J connectivity index is 1.93. The van der Waals surface area contributed by atoms with Crippen molar-refractivity contribution >= 4 is 17.6 Å². The molecular weight excluding hydrogens is 334 g/mol. The minimum atomic E-state index is 0.178. The van der Waals surface area contributed by atoms with Gasteiger partial charge in [-0.3, -0.25) is 4.98 Å². The number of nitrogens with zero attached hydrogens (tertiary/aromatic N) is 4. The van der Waals surface area contributed by atoms with Crippen molar-refractivity contribution in [1.82, 2.24) is 15.0 Å². The molecule has 0 fully saturated rings. The molecule has 0 aliphatic heterocycles. The topological polar surface area (TPSA) is 97.7 Å². The van der Waals surface area contributed by atoms with E-state index in [9.17, 15) is 5.26 Å². The van der Waals surface area contributed by atoms with Gasteiger partial charge in [0.25, 0.3) is 0 Å². The summed E-state index contributed by atoms with van der Waals surface area (Å²) in [5, 5.41) is 9.93. The maximum atomic E-state index is 9.41. The van der Waals surface area contributed by atoms with E-state index >= 15 is 0 Å². The van der Waals surface area contributed by atoms with Gasteiger partial charge in [-0.05, 0) is 35.9 Å². The fourth-order valence-electron chi connectivity index (χ4n) is 2.22. The molecule has 2 N–H and O–H groups in total. The summed E-state index contributed by atoms with van der Waals surface area (Å²) >= 11 is 1.45. The van der Waals surface area contributed by atoms with Gasteiger partial charge in [0, 0.05) is 23.7 Å². The lowest BCUT2D eigenvalue weighted by Gasteiger charge is -2.09. The maximum Gasteiger partial charge on any atom is 0.190 e. The molecule has 124 valence electrons. The van der Waals surface area contributed by atoms with E-state index in [1.807, 2.05) is 36.4 Å². The van der Waals surface area contributed by atoms with Crippen LogP contribution in [0.15, 0.2) is 53.9 Å². The normalized spacial score (nSPS) is 10.2. The van der Waals surface area contributed by atoms with Crippen molar-refractivity contribution in [2.24, 2.45) is 0 Å². The van der Waals surface area contributed by atoms with Crippen molar-refractivity contribution < 1.29 is 4.74 Å². The van der Waals surface area contributed by atoms with E-state index in [0.29, 0.717) is 16.6 Å². The SMILES string of the molecule is COc1ccc(-c2nc(SCc3cccnc3)nc(N)c2C#N)cc1. The largest absolute Gasteiger partial charge is 0.497 e. The number of ether oxygens (including phenoxy) is 1. The van der Waals surface area contributed by atoms with Crippen LogP contribution in [-0.4, -0.2) is 22.1 Å². The number of hydrogen-bond acceptors (Lipinski definition) is 7. The summed E-state index contributed by atoms with van der Waals surface area (Å²) in [4.78, 5) is 12.9. The number of thioether (sulfide) groups is 1. The van der Waals surface area contributed by atoms with E-state index in [1.165, 1.54) is 11.8 Å². The second-order valence-corrected chi connectivity index (χ2v) is 6.05. The number of nitrogen functional groups attached to an aromatic ring is 1. The Morgan fingerprint density at radius 2 is 2.00 bits per heavy atom. The van der Waals surface area contributed by atoms with Crippen molar-refractivity contribution in [2.45, 2.75) is 10.9 Å². The van der Waals surface area contributed by atoms with E-state index in [2.05, 4.69) is 21.0 Å². The number of anilines is 1. The smallest absolute Gasteiger partial charge is 0.190 e. The predicted octanol–water partition coefficient (Wildman–Crippen LogP) is 3.29. The van der Waals surface area contributed by atoms with Gasteiger partial charge < -0.3 is 10.5 Å². The number of pyridine rings is 1. The zero-order valence-corrected chi connectivity index (χ0v) is 14.3. The molecule has 7 heteroatoms. The van der Waals surface area contributed by atoms with Crippen LogP contribution in [0.2, 0.25) is 0 Å². The average Bonchev–Trinajstić information content (AvgIpc) is 2.67. The van der Waals surface area contributed by atoms with E-state index in [4.69, 9.17) is 10.5 Å². The van der Waals surface area contributed by atoms with E-state index < -0.39 is 0 Å². The molecular formula is C18H15N5OS. The fraction of sp³-hybridized carbons (Fsp3) is 0.111. The first-order valence-electron chi connectivity index (χ1n) is 7.45. The van der Waals surface area contributed by atoms with Gasteiger partial charge >= 0.3 is 0 Å². The number of aromatic nitrogens is 3. The van der Waals surface area contributed by atoms with Crippen LogP contribution in [-0.2, 0) is 5.75 Å². The number of methoxy groups -OCH3 is 1. The third-order valence-corrected chi connectivity index (χ3v) is 4.40. The molecule has 3 aromatic rings. The Labute approximate surface area is 149 Å². The van der Waals surface area contributed by atoms with Crippen molar-refractivity contribution in [1.29, 1.82) is 5.26 Å². The third kappa shape index (κ3) is 3.87. The van der Waals surface area contributed by atoms with Gasteiger partial charge in [0.2, 0.25) is 0 Å². The highest BCUT2D eigenvalue weighted by atomic mass is 32.2. The molecule has 0 radical (unpaired) electrons. The van der Waals surface area contributed by atoms with Crippen LogP contribution >= 0.6 is 11.8 Å². The number of hydrogen-bond donors (Lipinski definition) is 1. The molecule has 2 heterocycles. The molecule has 3 rings (SSSR count). The Bertz CT molecular complexity index is 907. The Morgan fingerprint density at radius 3 is 2.64 bits per heavy atom. The Morgan fingerprint density at radius 1 is 1.20 bits per heavy atom. The molecule has 0 atom stereocenters. The molecule has 0 aliphatic carbocycles. The highest BCUT2D eigenvalue weighted by molar-refractivity contribution is 7.98. The van der Waals surface area contributed by atoms with Crippen LogP contribution in [0.25, 0.3) is 11.3 Å². The van der Waals surface area contributed by atoms with Gasteiger partial charge in [0.1, 0.15) is 23.2 Å². The summed E-state index contributed by atoms with van der Waals surface area (Å²) in [7, 11) is 1.60. The number of nitriles is 1. The standard InChI is InChI=1S/C18H15N5OS/c1-24-14-6-4-13(5-7-14)16-15(9-19)17(20)23-18(22-16)25-11-12-3-2-8-21-10-12/h2-8,10H,11H2,1H3,(H2,20,22,23). The average molecular weight is 349 g/mol. The zero-order chi connectivity index (χ0) is 17.6. The Hall–Kier alpha value is -3.11. The van der Waals surface area contributed by atoms with Crippen molar-refractivity contribution in [3.8, 4) is 23.1 Å². The molecule has 0 saturated carbocycles. The van der Waals surface area contributed by atoms with E-state index in [1.54, 1.807) is 19.5 Å². The second-order valence-electron chi connectivity index (χ2n) is 5.11. The monoisotopic (exact) mass is 349 g/mol. The number of rotatable bonds is 5. The summed E-state index contributed by atoms with van der Waals surface area (Å²) in [5.74, 6) is 1.58. The van der Waals surface area contributed by atoms with Gasteiger partial charge in [-0.1, -0.05) is 17.8 Å². The summed E-state index contributed by atoms with van der Waals surface area (Å²) in [5.41, 5.74) is 8.61. The van der Waals surface area contributed by atoms with Gasteiger partial charge in [-0.2, -0.15) is 5.26 Å². The van der Waals surface area contributed by atoms with Crippen molar-refractivity contribution in [3.05, 3.63) is 59.9 Å². The quantitative estimate of drug-likeness (QED) is 0.557. The Kier molecular flexibility index (Phi) is 5.11. The minimum Gasteiger partial charge on any atom is -0.497 e. The van der Waals surface area contributed by atoms with Crippen LogP contribution in [0, 0.1) is 11.3 Å². The number of benzene rings is 1. The molecule has 0 bridgehead atoms. The van der Waals surface area contributed by atoms with Gasteiger partial charge in [0.15, 0.2) is 5.16 Å². The lowest BCUT2D eigenvalue weighted by atomic mass is 10.1. The first-order valence-corrected chi connectivity index (χ1v) is 8.43. The van der Waals surface area contributed by atoms with Crippen LogP contribution in [0.5, 0.6) is 5.75 Å². The number of nitrogens with two attached hydrogens (primary N) is 1. The molecule has 0 aliphatic rings. The molecule has 2 aromatic heterocycles. The summed E-state index contributed by atoms with van der Waals surface area (Å²) < 4.78 is 5.16. The van der Waals surface area contributed by atoms with Crippen LogP contribution in [0.3, 0.4) is 0 Å².